The van der Waals surface area contributed by atoms with Gasteiger partial charge in [0, 0.05) is 26.0 Å². The van der Waals surface area contributed by atoms with Gasteiger partial charge >= 0.3 is 5.69 Å². The molecule has 0 atom stereocenters. The van der Waals surface area contributed by atoms with E-state index in [0.717, 1.165) is 16.6 Å². The van der Waals surface area contributed by atoms with E-state index in [9.17, 15) is 14.4 Å². The molecule has 0 bridgehead atoms. The van der Waals surface area contributed by atoms with Crippen LogP contribution in [-0.4, -0.2) is 20.0 Å². The molecular weight excluding hydrogens is 380 g/mol. The van der Waals surface area contributed by atoms with Crippen LogP contribution in [-0.2, 0) is 20.5 Å². The summed E-state index contributed by atoms with van der Waals surface area (Å²) in [5.41, 5.74) is 5.08. The van der Waals surface area contributed by atoms with Crippen LogP contribution in [0, 0.1) is 0 Å². The predicted molar refractivity (Wildman–Crippen MR) is 115 cm³/mol. The van der Waals surface area contributed by atoms with Crippen LogP contribution in [0.1, 0.15) is 21.5 Å². The summed E-state index contributed by atoms with van der Waals surface area (Å²) in [6.07, 6.45) is 2.20. The lowest BCUT2D eigenvalue weighted by molar-refractivity contribution is 0.102. The van der Waals surface area contributed by atoms with Crippen molar-refractivity contribution >= 4 is 22.6 Å². The van der Waals surface area contributed by atoms with E-state index in [1.165, 1.54) is 40.6 Å². The Morgan fingerprint density at radius 3 is 2.57 bits per heavy atom. The second kappa shape index (κ2) is 6.52. The van der Waals surface area contributed by atoms with Crippen LogP contribution in [0.3, 0.4) is 0 Å². The number of nitrogens with one attached hydrogen (secondary N) is 1. The molecule has 5 rings (SSSR count). The fraction of sp³-hybridized carbons (Fsp3) is 0.130. The second-order valence-corrected chi connectivity index (χ2v) is 7.46. The van der Waals surface area contributed by atoms with Crippen LogP contribution in [0.5, 0.6) is 0 Å². The number of hydrogen-bond donors (Lipinski definition) is 1. The first kappa shape index (κ1) is 18.1. The Kier molecular flexibility index (Phi) is 3.92. The van der Waals surface area contributed by atoms with Crippen LogP contribution in [0.25, 0.3) is 22.2 Å². The van der Waals surface area contributed by atoms with Crippen molar-refractivity contribution in [3.8, 4) is 11.1 Å². The second-order valence-electron chi connectivity index (χ2n) is 7.46. The number of pyridine rings is 1. The van der Waals surface area contributed by atoms with Crippen LogP contribution in [0.15, 0.2) is 64.3 Å². The van der Waals surface area contributed by atoms with Crippen LogP contribution in [0.2, 0.25) is 0 Å². The molecule has 2 aromatic heterocycles. The number of fused-ring (bicyclic) bond motifs is 4. The van der Waals surface area contributed by atoms with Crippen LogP contribution >= 0.6 is 0 Å². The monoisotopic (exact) mass is 398 g/mol. The number of aryl methyl sites for hydroxylation is 1. The van der Waals surface area contributed by atoms with Gasteiger partial charge < -0.3 is 5.32 Å². The Bertz CT molecular complexity index is 1480. The molecule has 4 aromatic rings. The lowest BCUT2D eigenvalue weighted by atomic mass is 10.1. The van der Waals surface area contributed by atoms with Crippen molar-refractivity contribution in [2.24, 2.45) is 14.1 Å². The van der Waals surface area contributed by atoms with Crippen molar-refractivity contribution in [2.75, 3.05) is 5.32 Å². The summed E-state index contributed by atoms with van der Waals surface area (Å²) in [7, 11) is 2.94. The van der Waals surface area contributed by atoms with E-state index >= 15 is 0 Å². The number of rotatable bonds is 2. The van der Waals surface area contributed by atoms with E-state index in [4.69, 9.17) is 0 Å². The molecule has 1 N–H and O–H groups in total. The van der Waals surface area contributed by atoms with Gasteiger partial charge in [0.15, 0.2) is 0 Å². The highest BCUT2D eigenvalue weighted by Gasteiger charge is 2.19. The zero-order chi connectivity index (χ0) is 21.0. The molecule has 7 heteroatoms. The topological polar surface area (TPSA) is 86.0 Å². The highest BCUT2D eigenvalue weighted by atomic mass is 16.2. The molecule has 0 saturated heterocycles. The number of benzene rings is 2. The van der Waals surface area contributed by atoms with Gasteiger partial charge in [-0.25, -0.2) is 9.78 Å². The summed E-state index contributed by atoms with van der Waals surface area (Å²) in [6, 6.07) is 15.6. The fourth-order valence-electron chi connectivity index (χ4n) is 4.02. The molecule has 7 nitrogen and oxygen atoms in total. The standard InChI is InChI=1S/C23H18N4O3/c1-26-20-19(22(29)27(2)23(26)30)11-15(12-24-20)21(28)25-16-7-8-18-14(10-16)9-13-5-3-4-6-17(13)18/h3-8,10-12H,9H2,1-2H3,(H,25,28). The Morgan fingerprint density at radius 2 is 1.73 bits per heavy atom. The third-order valence-corrected chi connectivity index (χ3v) is 5.61. The summed E-state index contributed by atoms with van der Waals surface area (Å²) >= 11 is 0. The number of carbonyl (C=O) groups is 1. The van der Waals surface area contributed by atoms with E-state index in [-0.39, 0.29) is 22.5 Å². The minimum atomic E-state index is -0.481. The van der Waals surface area contributed by atoms with Gasteiger partial charge in [-0.3, -0.25) is 18.7 Å². The third-order valence-electron chi connectivity index (χ3n) is 5.61. The van der Waals surface area contributed by atoms with Gasteiger partial charge in [-0.15, -0.1) is 0 Å². The first-order valence-corrected chi connectivity index (χ1v) is 9.52. The number of hydrogen-bond acceptors (Lipinski definition) is 4. The smallest absolute Gasteiger partial charge is 0.322 e. The molecule has 148 valence electrons. The minimum absolute atomic E-state index is 0.219. The summed E-state index contributed by atoms with van der Waals surface area (Å²) in [5, 5.41) is 3.10. The minimum Gasteiger partial charge on any atom is -0.322 e. The Hall–Kier alpha value is -4.00. The zero-order valence-corrected chi connectivity index (χ0v) is 16.5. The SMILES string of the molecule is Cn1c(=O)c2cc(C(=O)Nc3ccc4c(c3)Cc3ccccc3-4)cnc2n(C)c1=O. The first-order chi connectivity index (χ1) is 14.4. The molecule has 1 aliphatic carbocycles. The highest BCUT2D eigenvalue weighted by Crippen LogP contribution is 2.37. The van der Waals surface area contributed by atoms with Crippen molar-refractivity contribution in [3.05, 3.63) is 92.3 Å². The van der Waals surface area contributed by atoms with E-state index in [1.54, 1.807) is 7.05 Å². The molecule has 0 radical (unpaired) electrons. The summed E-state index contributed by atoms with van der Waals surface area (Å²) in [4.78, 5) is 41.5. The van der Waals surface area contributed by atoms with Gasteiger partial charge in [0.25, 0.3) is 11.5 Å². The van der Waals surface area contributed by atoms with Gasteiger partial charge in [0.2, 0.25) is 0 Å². The molecule has 30 heavy (non-hydrogen) atoms. The lowest BCUT2D eigenvalue weighted by Gasteiger charge is -2.10. The number of anilines is 1. The van der Waals surface area contributed by atoms with Gasteiger partial charge in [-0.1, -0.05) is 30.3 Å². The number of aromatic nitrogens is 3. The third kappa shape index (κ3) is 2.67. The van der Waals surface area contributed by atoms with Crippen molar-refractivity contribution < 1.29 is 4.79 Å². The number of carbonyl (C=O) groups excluding carboxylic acids is 1. The Balaban J connectivity index is 1.48. The molecule has 2 aromatic carbocycles. The van der Waals surface area contributed by atoms with E-state index < -0.39 is 11.2 Å². The number of nitrogens with zero attached hydrogens (tertiary/aromatic N) is 3. The molecule has 0 unspecified atom stereocenters. The summed E-state index contributed by atoms with van der Waals surface area (Å²) in [5.74, 6) is -0.365. The van der Waals surface area contributed by atoms with Gasteiger partial charge in [0.1, 0.15) is 5.65 Å². The maximum Gasteiger partial charge on any atom is 0.332 e. The summed E-state index contributed by atoms with van der Waals surface area (Å²) in [6.45, 7) is 0. The van der Waals surface area contributed by atoms with Crippen LogP contribution < -0.4 is 16.6 Å². The molecule has 0 spiro atoms. The molecule has 0 saturated carbocycles. The molecule has 1 aliphatic rings. The van der Waals surface area contributed by atoms with Gasteiger partial charge in [-0.2, -0.15) is 0 Å². The predicted octanol–water partition coefficient (Wildman–Crippen LogP) is 2.46. The molecule has 0 fully saturated rings. The lowest BCUT2D eigenvalue weighted by Crippen LogP contribution is -2.37. The fourth-order valence-corrected chi connectivity index (χ4v) is 4.02. The average Bonchev–Trinajstić information content (AvgIpc) is 3.13. The Labute approximate surface area is 171 Å². The van der Waals surface area contributed by atoms with E-state index in [1.807, 2.05) is 30.3 Å². The average molecular weight is 398 g/mol. The largest absolute Gasteiger partial charge is 0.332 e. The first-order valence-electron chi connectivity index (χ1n) is 9.52. The van der Waals surface area contributed by atoms with Crippen molar-refractivity contribution in [1.82, 2.24) is 14.1 Å². The quantitative estimate of drug-likeness (QED) is 0.495. The van der Waals surface area contributed by atoms with Gasteiger partial charge in [0.05, 0.1) is 10.9 Å². The maximum atomic E-state index is 12.8. The highest BCUT2D eigenvalue weighted by molar-refractivity contribution is 6.05. The maximum absolute atomic E-state index is 12.8. The van der Waals surface area contributed by atoms with Crippen molar-refractivity contribution in [2.45, 2.75) is 6.42 Å². The summed E-state index contributed by atoms with van der Waals surface area (Å²) < 4.78 is 2.29. The van der Waals surface area contributed by atoms with Crippen LogP contribution in [0.4, 0.5) is 5.69 Å². The van der Waals surface area contributed by atoms with E-state index in [0.29, 0.717) is 5.69 Å². The molecule has 2 heterocycles. The van der Waals surface area contributed by atoms with Gasteiger partial charge in [-0.05, 0) is 46.9 Å². The molecule has 1 amide bonds. The van der Waals surface area contributed by atoms with Crippen molar-refractivity contribution in [3.63, 3.8) is 0 Å². The number of amides is 1. The Morgan fingerprint density at radius 1 is 0.967 bits per heavy atom. The molecular formula is C23H18N4O3. The zero-order valence-electron chi connectivity index (χ0n) is 16.5. The van der Waals surface area contributed by atoms with E-state index in [2.05, 4.69) is 22.4 Å². The normalized spacial score (nSPS) is 11.9. The van der Waals surface area contributed by atoms with Crippen molar-refractivity contribution in [1.29, 1.82) is 0 Å². The molecule has 0 aliphatic heterocycles.